The molecule has 0 saturated carbocycles. The molecule has 3 nitrogen and oxygen atoms in total. The number of halogens is 2. The van der Waals surface area contributed by atoms with Gasteiger partial charge in [0.1, 0.15) is 5.82 Å². The minimum absolute atomic E-state index is 0.274. The number of nitrogens with zero attached hydrogens (tertiary/aromatic N) is 3. The second kappa shape index (κ2) is 5.92. The molecule has 0 bridgehead atoms. The summed E-state index contributed by atoms with van der Waals surface area (Å²) < 4.78 is 0.863. The van der Waals surface area contributed by atoms with E-state index in [4.69, 9.17) is 11.6 Å². The second-order valence-corrected chi connectivity index (χ2v) is 5.33. The molecular formula is C9H13BrClN3S. The van der Waals surface area contributed by atoms with Crippen LogP contribution >= 0.6 is 39.3 Å². The number of anilines is 1. The van der Waals surface area contributed by atoms with Gasteiger partial charge in [-0.05, 0) is 40.7 Å². The van der Waals surface area contributed by atoms with Gasteiger partial charge in [-0.1, -0.05) is 0 Å². The molecular weight excluding hydrogens is 298 g/mol. The number of aromatic nitrogens is 2. The van der Waals surface area contributed by atoms with Gasteiger partial charge in [-0.25, -0.2) is 4.98 Å². The Bertz CT molecular complexity index is 337. The van der Waals surface area contributed by atoms with Gasteiger partial charge in [0.25, 0.3) is 0 Å². The van der Waals surface area contributed by atoms with E-state index in [9.17, 15) is 0 Å². The first-order chi connectivity index (χ1) is 7.06. The van der Waals surface area contributed by atoms with Crippen molar-refractivity contribution < 1.29 is 0 Å². The van der Waals surface area contributed by atoms with E-state index >= 15 is 0 Å². The largest absolute Gasteiger partial charge is 0.355 e. The van der Waals surface area contributed by atoms with Crippen LogP contribution in [0, 0.1) is 0 Å². The molecule has 0 aliphatic carbocycles. The molecule has 0 aliphatic heterocycles. The van der Waals surface area contributed by atoms with E-state index in [-0.39, 0.29) is 5.28 Å². The summed E-state index contributed by atoms with van der Waals surface area (Å²) in [7, 11) is 2.00. The Morgan fingerprint density at radius 2 is 2.33 bits per heavy atom. The van der Waals surface area contributed by atoms with Crippen molar-refractivity contribution in [2.24, 2.45) is 0 Å². The molecule has 0 aliphatic rings. The molecule has 0 spiro atoms. The Morgan fingerprint density at radius 1 is 1.67 bits per heavy atom. The fraction of sp³-hybridized carbons (Fsp3) is 0.556. The van der Waals surface area contributed by atoms with Gasteiger partial charge in [-0.15, -0.1) is 0 Å². The van der Waals surface area contributed by atoms with E-state index in [2.05, 4.69) is 44.0 Å². The SMILES string of the molecule is CSCC(C)N(C)c1nc(Cl)ncc1Br. The van der Waals surface area contributed by atoms with E-state index in [1.807, 2.05) is 18.8 Å². The van der Waals surface area contributed by atoms with Crippen molar-refractivity contribution in [3.8, 4) is 0 Å². The topological polar surface area (TPSA) is 29.0 Å². The van der Waals surface area contributed by atoms with E-state index < -0.39 is 0 Å². The third-order valence-corrected chi connectivity index (χ3v) is 3.66. The predicted molar refractivity (Wildman–Crippen MR) is 71.0 cm³/mol. The van der Waals surface area contributed by atoms with Crippen molar-refractivity contribution in [3.05, 3.63) is 16.0 Å². The summed E-state index contributed by atoms with van der Waals surface area (Å²) in [6.07, 6.45) is 3.76. The number of rotatable bonds is 4. The third kappa shape index (κ3) is 3.50. The monoisotopic (exact) mass is 309 g/mol. The minimum Gasteiger partial charge on any atom is -0.355 e. The van der Waals surface area contributed by atoms with E-state index in [1.54, 1.807) is 6.20 Å². The van der Waals surface area contributed by atoms with Crippen molar-refractivity contribution >= 4 is 45.1 Å². The maximum atomic E-state index is 5.77. The van der Waals surface area contributed by atoms with Gasteiger partial charge in [-0.2, -0.15) is 16.7 Å². The Hall–Kier alpha value is -0.000000000000000111. The molecule has 0 N–H and O–H groups in total. The lowest BCUT2D eigenvalue weighted by atomic mass is 10.3. The zero-order valence-corrected chi connectivity index (χ0v) is 12.0. The number of hydrogen-bond donors (Lipinski definition) is 0. The molecule has 0 aromatic carbocycles. The predicted octanol–water partition coefficient (Wildman–Crippen LogP) is 3.08. The van der Waals surface area contributed by atoms with Gasteiger partial charge in [0.05, 0.1) is 4.47 Å². The zero-order valence-electron chi connectivity index (χ0n) is 8.87. The molecule has 1 aromatic heterocycles. The summed E-state index contributed by atoms with van der Waals surface area (Å²) in [6, 6.07) is 0.405. The normalized spacial score (nSPS) is 12.6. The van der Waals surface area contributed by atoms with E-state index in [1.165, 1.54) is 0 Å². The molecule has 1 heterocycles. The first-order valence-electron chi connectivity index (χ1n) is 4.46. The molecule has 1 unspecified atom stereocenters. The van der Waals surface area contributed by atoms with Crippen LogP contribution in [0.1, 0.15) is 6.92 Å². The number of hydrogen-bond acceptors (Lipinski definition) is 4. The lowest BCUT2D eigenvalue weighted by Crippen LogP contribution is -2.31. The Labute approximate surface area is 108 Å². The summed E-state index contributed by atoms with van der Waals surface area (Å²) in [5.74, 6) is 1.88. The van der Waals surface area contributed by atoms with Crippen molar-refractivity contribution in [1.82, 2.24) is 9.97 Å². The van der Waals surface area contributed by atoms with Crippen molar-refractivity contribution in [3.63, 3.8) is 0 Å². The molecule has 1 aromatic rings. The smallest absolute Gasteiger partial charge is 0.224 e. The summed E-state index contributed by atoms with van der Waals surface area (Å²) in [6.45, 7) is 2.15. The van der Waals surface area contributed by atoms with E-state index in [0.29, 0.717) is 6.04 Å². The molecule has 1 atom stereocenters. The fourth-order valence-corrected chi connectivity index (χ4v) is 2.45. The van der Waals surface area contributed by atoms with Crippen LogP contribution in [0.3, 0.4) is 0 Å². The molecule has 84 valence electrons. The fourth-order valence-electron chi connectivity index (χ4n) is 1.15. The van der Waals surface area contributed by atoms with Crippen LogP contribution in [0.15, 0.2) is 10.7 Å². The van der Waals surface area contributed by atoms with Crippen LogP contribution in [-0.2, 0) is 0 Å². The third-order valence-electron chi connectivity index (χ3n) is 2.10. The van der Waals surface area contributed by atoms with Crippen molar-refractivity contribution in [1.29, 1.82) is 0 Å². The molecule has 0 radical (unpaired) electrons. The average molecular weight is 311 g/mol. The van der Waals surface area contributed by atoms with Crippen molar-refractivity contribution in [2.45, 2.75) is 13.0 Å². The quantitative estimate of drug-likeness (QED) is 0.799. The van der Waals surface area contributed by atoms with Gasteiger partial charge >= 0.3 is 0 Å². The van der Waals surface area contributed by atoms with Gasteiger partial charge in [0.15, 0.2) is 0 Å². The van der Waals surface area contributed by atoms with Gasteiger partial charge in [-0.3, -0.25) is 0 Å². The number of thioether (sulfide) groups is 1. The van der Waals surface area contributed by atoms with E-state index in [0.717, 1.165) is 16.0 Å². The summed E-state index contributed by atoms with van der Waals surface area (Å²) in [4.78, 5) is 10.2. The van der Waals surface area contributed by atoms with Crippen LogP contribution in [0.2, 0.25) is 5.28 Å². The summed E-state index contributed by atoms with van der Waals surface area (Å²) in [5, 5.41) is 0.274. The molecule has 6 heteroatoms. The van der Waals surface area contributed by atoms with Crippen LogP contribution in [0.25, 0.3) is 0 Å². The highest BCUT2D eigenvalue weighted by molar-refractivity contribution is 9.10. The molecule has 15 heavy (non-hydrogen) atoms. The second-order valence-electron chi connectivity index (χ2n) is 3.23. The van der Waals surface area contributed by atoms with Crippen molar-refractivity contribution in [2.75, 3.05) is 24.0 Å². The van der Waals surface area contributed by atoms with Crippen LogP contribution in [0.5, 0.6) is 0 Å². The average Bonchev–Trinajstić information content (AvgIpc) is 2.21. The van der Waals surface area contributed by atoms with Crippen LogP contribution in [0.4, 0.5) is 5.82 Å². The Morgan fingerprint density at radius 3 is 2.93 bits per heavy atom. The maximum Gasteiger partial charge on any atom is 0.224 e. The standard InChI is InChI=1S/C9H13BrClN3S/c1-6(5-15-3)14(2)8-7(10)4-12-9(11)13-8/h4,6H,5H2,1-3H3. The highest BCUT2D eigenvalue weighted by Crippen LogP contribution is 2.25. The first kappa shape index (κ1) is 13.1. The highest BCUT2D eigenvalue weighted by Gasteiger charge is 2.14. The van der Waals surface area contributed by atoms with Gasteiger partial charge in [0, 0.05) is 25.0 Å². The first-order valence-corrected chi connectivity index (χ1v) is 7.02. The minimum atomic E-state index is 0.274. The van der Waals surface area contributed by atoms with Gasteiger partial charge in [0.2, 0.25) is 5.28 Å². The summed E-state index contributed by atoms with van der Waals surface area (Å²) >= 11 is 11.0. The Kier molecular flexibility index (Phi) is 5.15. The zero-order chi connectivity index (χ0) is 11.4. The summed E-state index contributed by atoms with van der Waals surface area (Å²) in [5.41, 5.74) is 0. The lowest BCUT2D eigenvalue weighted by Gasteiger charge is -2.26. The highest BCUT2D eigenvalue weighted by atomic mass is 79.9. The molecule has 0 amide bonds. The molecule has 0 fully saturated rings. The molecule has 1 rings (SSSR count). The lowest BCUT2D eigenvalue weighted by molar-refractivity contribution is 0.749. The van der Waals surface area contributed by atoms with Crippen LogP contribution in [-0.4, -0.2) is 35.1 Å². The van der Waals surface area contributed by atoms with Crippen LogP contribution < -0.4 is 4.90 Å². The van der Waals surface area contributed by atoms with Gasteiger partial charge < -0.3 is 4.90 Å². The molecule has 0 saturated heterocycles. The Balaban J connectivity index is 2.89. The maximum absolute atomic E-state index is 5.77.